The van der Waals surface area contributed by atoms with Gasteiger partial charge in [0, 0.05) is 0 Å². The molecule has 2 aromatic rings. The highest BCUT2D eigenvalue weighted by atomic mass is 35.5. The summed E-state index contributed by atoms with van der Waals surface area (Å²) in [6.07, 6.45) is 0. The maximum atomic E-state index is 10.6. The van der Waals surface area contributed by atoms with Gasteiger partial charge in [0.15, 0.2) is 0 Å². The molecule has 5 heteroatoms. The van der Waals surface area contributed by atoms with Crippen LogP contribution in [0.5, 0.6) is 0 Å². The topological polar surface area (TPSA) is 95.1 Å². The van der Waals surface area contributed by atoms with Gasteiger partial charge in [0.25, 0.3) is 0 Å². The maximum absolute atomic E-state index is 10.6. The Kier molecular flexibility index (Phi) is 5.02. The first-order chi connectivity index (χ1) is 8.52. The molecule has 1 amide bonds. The van der Waals surface area contributed by atoms with E-state index in [9.17, 15) is 4.79 Å². The molecule has 0 aliphatic carbocycles. The van der Waals surface area contributed by atoms with E-state index in [0.29, 0.717) is 22.0 Å². The molecule has 2 aromatic carbocycles. The van der Waals surface area contributed by atoms with Gasteiger partial charge < -0.3 is 17.2 Å². The summed E-state index contributed by atoms with van der Waals surface area (Å²) in [6, 6.07) is 13.9. The van der Waals surface area contributed by atoms with Gasteiger partial charge in [0.05, 0.1) is 22.0 Å². The van der Waals surface area contributed by atoms with Crippen molar-refractivity contribution < 1.29 is 4.79 Å². The second kappa shape index (κ2) is 6.51. The Bertz CT molecular complexity index is 522. The fourth-order valence-corrected chi connectivity index (χ4v) is 1.40. The zero-order chi connectivity index (χ0) is 13.5. The molecule has 0 fully saturated rings. The number of benzene rings is 2. The molecule has 0 aliphatic rings. The zero-order valence-electron chi connectivity index (χ0n) is 9.64. The van der Waals surface area contributed by atoms with Crippen molar-refractivity contribution >= 4 is 28.9 Å². The number of halogens is 1. The Labute approximate surface area is 110 Å². The third kappa shape index (κ3) is 3.99. The second-order valence-electron chi connectivity index (χ2n) is 3.47. The lowest BCUT2D eigenvalue weighted by atomic mass is 10.2. The third-order valence-corrected chi connectivity index (χ3v) is 2.46. The molecule has 0 radical (unpaired) electrons. The number of nitrogen functional groups attached to an aromatic ring is 2. The van der Waals surface area contributed by atoms with Crippen molar-refractivity contribution in [1.29, 1.82) is 0 Å². The van der Waals surface area contributed by atoms with Crippen molar-refractivity contribution in [2.75, 3.05) is 11.5 Å². The normalized spacial score (nSPS) is 9.17. The van der Waals surface area contributed by atoms with Crippen LogP contribution in [0.3, 0.4) is 0 Å². The fourth-order valence-electron chi connectivity index (χ4n) is 1.17. The molecular formula is C13H14ClN3O. The molecule has 4 nitrogen and oxygen atoms in total. The first kappa shape index (κ1) is 13.9. The molecule has 2 rings (SSSR count). The molecule has 0 saturated carbocycles. The summed E-state index contributed by atoms with van der Waals surface area (Å²) in [5.74, 6) is -0.495. The van der Waals surface area contributed by atoms with Crippen molar-refractivity contribution in [2.24, 2.45) is 5.73 Å². The number of nitrogens with two attached hydrogens (primary N) is 3. The van der Waals surface area contributed by atoms with Crippen LogP contribution in [0, 0.1) is 0 Å². The molecular weight excluding hydrogens is 250 g/mol. The largest absolute Gasteiger partial charge is 0.397 e. The van der Waals surface area contributed by atoms with Crippen LogP contribution in [0.25, 0.3) is 0 Å². The fraction of sp³-hybridized carbons (Fsp3) is 0. The smallest absolute Gasteiger partial charge is 0.250 e. The highest BCUT2D eigenvalue weighted by Gasteiger charge is 2.02. The lowest BCUT2D eigenvalue weighted by molar-refractivity contribution is 0.100. The second-order valence-corrected chi connectivity index (χ2v) is 3.88. The van der Waals surface area contributed by atoms with Crippen molar-refractivity contribution in [3.05, 3.63) is 59.1 Å². The summed E-state index contributed by atoms with van der Waals surface area (Å²) in [4.78, 5) is 10.6. The van der Waals surface area contributed by atoms with Gasteiger partial charge in [-0.1, -0.05) is 35.9 Å². The number of hydrogen-bond acceptors (Lipinski definition) is 3. The van der Waals surface area contributed by atoms with Crippen LogP contribution in [0.2, 0.25) is 5.02 Å². The number of rotatable bonds is 1. The van der Waals surface area contributed by atoms with Crippen LogP contribution in [0.4, 0.5) is 11.4 Å². The summed E-state index contributed by atoms with van der Waals surface area (Å²) in [6.45, 7) is 0. The number of anilines is 2. The molecule has 0 spiro atoms. The van der Waals surface area contributed by atoms with Crippen molar-refractivity contribution in [1.82, 2.24) is 0 Å². The van der Waals surface area contributed by atoms with E-state index in [2.05, 4.69) is 0 Å². The monoisotopic (exact) mass is 263 g/mol. The van der Waals surface area contributed by atoms with Gasteiger partial charge in [0.1, 0.15) is 0 Å². The van der Waals surface area contributed by atoms with E-state index in [1.807, 2.05) is 12.1 Å². The van der Waals surface area contributed by atoms with Gasteiger partial charge in [-0.15, -0.1) is 0 Å². The Hall–Kier alpha value is -2.20. The minimum atomic E-state index is -0.495. The van der Waals surface area contributed by atoms with Crippen LogP contribution in [-0.2, 0) is 0 Å². The quantitative estimate of drug-likeness (QED) is 0.689. The molecule has 18 heavy (non-hydrogen) atoms. The Morgan fingerprint density at radius 3 is 1.67 bits per heavy atom. The summed E-state index contributed by atoms with van der Waals surface area (Å²) in [7, 11) is 0. The van der Waals surface area contributed by atoms with E-state index in [0.717, 1.165) is 0 Å². The van der Waals surface area contributed by atoms with Gasteiger partial charge in [-0.2, -0.15) is 0 Å². The molecule has 6 N–H and O–H groups in total. The minimum Gasteiger partial charge on any atom is -0.397 e. The standard InChI is InChI=1S/C7H6ClNO.C6H8N2/c8-6-4-2-1-3-5(6)7(9)10;7-5-3-1-2-4-6(5)8/h1-4H,(H2,9,10);1-4H,7-8H2. The molecule has 0 saturated heterocycles. The Morgan fingerprint density at radius 2 is 1.33 bits per heavy atom. The first-order valence-corrected chi connectivity index (χ1v) is 5.54. The summed E-state index contributed by atoms with van der Waals surface area (Å²) in [5, 5.41) is 0.398. The molecule has 0 heterocycles. The van der Waals surface area contributed by atoms with Crippen LogP contribution >= 0.6 is 11.6 Å². The maximum Gasteiger partial charge on any atom is 0.250 e. The number of amides is 1. The van der Waals surface area contributed by atoms with Crippen molar-refractivity contribution in [3.63, 3.8) is 0 Å². The predicted molar refractivity (Wildman–Crippen MR) is 75.2 cm³/mol. The molecule has 0 aliphatic heterocycles. The van der Waals surface area contributed by atoms with E-state index < -0.39 is 5.91 Å². The number of carbonyl (C=O) groups excluding carboxylic acids is 1. The average molecular weight is 264 g/mol. The van der Waals surface area contributed by atoms with E-state index in [1.165, 1.54) is 0 Å². The number of hydrogen-bond donors (Lipinski definition) is 3. The van der Waals surface area contributed by atoms with Crippen LogP contribution < -0.4 is 17.2 Å². The lowest BCUT2D eigenvalue weighted by Crippen LogP contribution is -2.10. The molecule has 0 aromatic heterocycles. The SMILES string of the molecule is NC(=O)c1ccccc1Cl.Nc1ccccc1N. The number of primary amides is 1. The molecule has 0 atom stereocenters. The van der Waals surface area contributed by atoms with Gasteiger partial charge >= 0.3 is 0 Å². The van der Waals surface area contributed by atoms with Gasteiger partial charge in [0.2, 0.25) is 5.91 Å². The van der Waals surface area contributed by atoms with Gasteiger partial charge in [-0.05, 0) is 24.3 Å². The zero-order valence-corrected chi connectivity index (χ0v) is 10.4. The summed E-state index contributed by atoms with van der Waals surface area (Å²) < 4.78 is 0. The van der Waals surface area contributed by atoms with E-state index in [1.54, 1.807) is 36.4 Å². The first-order valence-electron chi connectivity index (χ1n) is 5.16. The van der Waals surface area contributed by atoms with E-state index in [-0.39, 0.29) is 0 Å². The Morgan fingerprint density at radius 1 is 0.889 bits per heavy atom. The van der Waals surface area contributed by atoms with E-state index in [4.69, 9.17) is 28.8 Å². The Balaban J connectivity index is 0.000000184. The van der Waals surface area contributed by atoms with Crippen LogP contribution in [-0.4, -0.2) is 5.91 Å². The highest BCUT2D eigenvalue weighted by Crippen LogP contribution is 2.13. The highest BCUT2D eigenvalue weighted by molar-refractivity contribution is 6.33. The minimum absolute atomic E-state index is 0.365. The van der Waals surface area contributed by atoms with Gasteiger partial charge in [-0.3, -0.25) is 4.79 Å². The number of carbonyl (C=O) groups is 1. The summed E-state index contributed by atoms with van der Waals surface area (Å²) in [5.41, 5.74) is 17.4. The van der Waals surface area contributed by atoms with Crippen molar-refractivity contribution in [3.8, 4) is 0 Å². The molecule has 0 unspecified atom stereocenters. The van der Waals surface area contributed by atoms with Gasteiger partial charge in [-0.25, -0.2) is 0 Å². The molecule has 94 valence electrons. The van der Waals surface area contributed by atoms with E-state index >= 15 is 0 Å². The van der Waals surface area contributed by atoms with Crippen LogP contribution in [0.15, 0.2) is 48.5 Å². The predicted octanol–water partition coefficient (Wildman–Crippen LogP) is 2.29. The molecule has 0 bridgehead atoms. The van der Waals surface area contributed by atoms with Crippen LogP contribution in [0.1, 0.15) is 10.4 Å². The average Bonchev–Trinajstić information content (AvgIpc) is 2.34. The lowest BCUT2D eigenvalue weighted by Gasteiger charge is -1.95. The van der Waals surface area contributed by atoms with Crippen molar-refractivity contribution in [2.45, 2.75) is 0 Å². The third-order valence-electron chi connectivity index (χ3n) is 2.14. The summed E-state index contributed by atoms with van der Waals surface area (Å²) >= 11 is 5.62. The number of para-hydroxylation sites is 2.